The van der Waals surface area contributed by atoms with Crippen LogP contribution in [0.15, 0.2) is 53.5 Å². The van der Waals surface area contributed by atoms with E-state index < -0.39 is 4.92 Å². The monoisotopic (exact) mass is 385 g/mol. The molecule has 0 aromatic heterocycles. The minimum absolute atomic E-state index is 0.127. The Kier molecular flexibility index (Phi) is 6.08. The van der Waals surface area contributed by atoms with Crippen molar-refractivity contribution in [3.8, 4) is 5.75 Å². The number of methoxy groups -OCH3 is 1. The second-order valence-corrected chi connectivity index (χ2v) is 6.95. The van der Waals surface area contributed by atoms with Crippen molar-refractivity contribution < 1.29 is 14.5 Å². The van der Waals surface area contributed by atoms with Gasteiger partial charge in [0.05, 0.1) is 18.6 Å². The number of carbonyl (C=O) groups is 1. The lowest BCUT2D eigenvalue weighted by Crippen LogP contribution is -2.39. The molecule has 3 rings (SSSR count). The fraction of sp³-hybridized carbons (Fsp3) is 0.263. The van der Waals surface area contributed by atoms with Gasteiger partial charge in [-0.25, -0.2) is 0 Å². The molecule has 8 heteroatoms. The molecule has 0 unspecified atom stereocenters. The summed E-state index contributed by atoms with van der Waals surface area (Å²) in [4.78, 5) is 29.8. The van der Waals surface area contributed by atoms with Crippen molar-refractivity contribution in [3.05, 3.63) is 69.8 Å². The van der Waals surface area contributed by atoms with E-state index in [1.54, 1.807) is 11.0 Å². The van der Waals surface area contributed by atoms with E-state index in [1.807, 2.05) is 30.3 Å². The molecule has 1 saturated heterocycles. The highest BCUT2D eigenvalue weighted by Gasteiger charge is 2.27. The molecule has 27 heavy (non-hydrogen) atoms. The van der Waals surface area contributed by atoms with Gasteiger partial charge in [-0.15, -0.1) is 0 Å². The maximum Gasteiger partial charge on any atom is 0.311 e. The lowest BCUT2D eigenvalue weighted by molar-refractivity contribution is -0.385. The number of nitro groups is 1. The third-order valence-corrected chi connectivity index (χ3v) is 5.20. The molecular weight excluding hydrogens is 366 g/mol. The van der Waals surface area contributed by atoms with Crippen LogP contribution in [-0.2, 0) is 6.54 Å². The molecule has 1 amide bonds. The zero-order valence-electron chi connectivity index (χ0n) is 14.8. The Morgan fingerprint density at radius 1 is 1.30 bits per heavy atom. The third kappa shape index (κ3) is 4.46. The van der Waals surface area contributed by atoms with Crippen LogP contribution < -0.4 is 4.74 Å². The highest BCUT2D eigenvalue weighted by molar-refractivity contribution is 8.13. The van der Waals surface area contributed by atoms with Gasteiger partial charge in [0.25, 0.3) is 5.91 Å². The van der Waals surface area contributed by atoms with Gasteiger partial charge in [0.15, 0.2) is 10.9 Å². The molecule has 7 nitrogen and oxygen atoms in total. The van der Waals surface area contributed by atoms with Gasteiger partial charge in [0.2, 0.25) is 0 Å². The van der Waals surface area contributed by atoms with Gasteiger partial charge in [0, 0.05) is 23.9 Å². The van der Waals surface area contributed by atoms with Gasteiger partial charge in [-0.05, 0) is 24.1 Å². The van der Waals surface area contributed by atoms with E-state index in [2.05, 4.69) is 4.99 Å². The van der Waals surface area contributed by atoms with Gasteiger partial charge >= 0.3 is 5.69 Å². The molecular formula is C19H19N3O4S. The first-order valence-corrected chi connectivity index (χ1v) is 9.44. The second kappa shape index (κ2) is 8.68. The van der Waals surface area contributed by atoms with Crippen LogP contribution in [0, 0.1) is 10.1 Å². The summed E-state index contributed by atoms with van der Waals surface area (Å²) in [5.41, 5.74) is 1.08. The Balaban J connectivity index is 1.85. The molecule has 140 valence electrons. The van der Waals surface area contributed by atoms with Crippen molar-refractivity contribution in [2.45, 2.75) is 13.0 Å². The lowest BCUT2D eigenvalue weighted by Gasteiger charge is -2.28. The highest BCUT2D eigenvalue weighted by atomic mass is 32.2. The number of rotatable bonds is 5. The van der Waals surface area contributed by atoms with Crippen LogP contribution in [0.25, 0.3) is 0 Å². The molecule has 0 saturated carbocycles. The Bertz CT molecular complexity index is 871. The smallest absolute Gasteiger partial charge is 0.311 e. The molecule has 0 N–H and O–H groups in total. The molecule has 1 fully saturated rings. The highest BCUT2D eigenvalue weighted by Crippen LogP contribution is 2.29. The first kappa shape index (κ1) is 18.9. The number of aliphatic imine (C=N–C) groups is 1. The number of ether oxygens (including phenoxy) is 1. The zero-order chi connectivity index (χ0) is 19.2. The Hall–Kier alpha value is -2.87. The summed E-state index contributed by atoms with van der Waals surface area (Å²) < 4.78 is 5.00. The fourth-order valence-electron chi connectivity index (χ4n) is 2.74. The first-order chi connectivity index (χ1) is 13.1. The van der Waals surface area contributed by atoms with E-state index in [0.29, 0.717) is 18.3 Å². The van der Waals surface area contributed by atoms with Crippen molar-refractivity contribution in [3.63, 3.8) is 0 Å². The Morgan fingerprint density at radius 2 is 2.07 bits per heavy atom. The summed E-state index contributed by atoms with van der Waals surface area (Å²) in [7, 11) is 1.36. The van der Waals surface area contributed by atoms with E-state index in [4.69, 9.17) is 4.74 Å². The SMILES string of the molecule is COc1ccc(C(=O)N2CCCSC2=NCc2ccccc2)cc1[N+](=O)[O-]. The summed E-state index contributed by atoms with van der Waals surface area (Å²) >= 11 is 1.53. The van der Waals surface area contributed by atoms with Crippen LogP contribution >= 0.6 is 11.8 Å². The van der Waals surface area contributed by atoms with Crippen LogP contribution in [0.4, 0.5) is 5.69 Å². The molecule has 2 aromatic carbocycles. The molecule has 1 heterocycles. The molecule has 0 atom stereocenters. The maximum atomic E-state index is 13.0. The average Bonchev–Trinajstić information content (AvgIpc) is 2.72. The van der Waals surface area contributed by atoms with Crippen molar-refractivity contribution in [1.29, 1.82) is 0 Å². The maximum absolute atomic E-state index is 13.0. The summed E-state index contributed by atoms with van der Waals surface area (Å²) in [6.07, 6.45) is 0.846. The first-order valence-electron chi connectivity index (χ1n) is 8.45. The fourth-order valence-corrected chi connectivity index (χ4v) is 3.68. The minimum atomic E-state index is -0.551. The number of carbonyl (C=O) groups excluding carboxylic acids is 1. The largest absolute Gasteiger partial charge is 0.490 e. The van der Waals surface area contributed by atoms with E-state index in [-0.39, 0.29) is 22.9 Å². The summed E-state index contributed by atoms with van der Waals surface area (Å²) in [6, 6.07) is 14.1. The van der Waals surface area contributed by atoms with Gasteiger partial charge in [-0.2, -0.15) is 0 Å². The van der Waals surface area contributed by atoms with Gasteiger partial charge in [-0.3, -0.25) is 24.8 Å². The van der Waals surface area contributed by atoms with Crippen LogP contribution in [0.2, 0.25) is 0 Å². The number of thioether (sulfide) groups is 1. The molecule has 1 aliphatic heterocycles. The third-order valence-electron chi connectivity index (χ3n) is 4.10. The summed E-state index contributed by atoms with van der Waals surface area (Å²) in [5, 5.41) is 11.9. The quantitative estimate of drug-likeness (QED) is 0.578. The zero-order valence-corrected chi connectivity index (χ0v) is 15.6. The van der Waals surface area contributed by atoms with Crippen LogP contribution in [0.3, 0.4) is 0 Å². The van der Waals surface area contributed by atoms with Crippen LogP contribution in [0.1, 0.15) is 22.3 Å². The van der Waals surface area contributed by atoms with E-state index in [1.165, 1.54) is 31.0 Å². The lowest BCUT2D eigenvalue weighted by atomic mass is 10.1. The Morgan fingerprint density at radius 3 is 2.78 bits per heavy atom. The predicted molar refractivity (Wildman–Crippen MR) is 105 cm³/mol. The molecule has 0 bridgehead atoms. The number of nitrogens with zero attached hydrogens (tertiary/aromatic N) is 3. The minimum Gasteiger partial charge on any atom is -0.490 e. The molecule has 0 radical (unpaired) electrons. The number of nitro benzene ring substituents is 1. The van der Waals surface area contributed by atoms with E-state index in [9.17, 15) is 14.9 Å². The number of amidine groups is 1. The average molecular weight is 385 g/mol. The van der Waals surface area contributed by atoms with Gasteiger partial charge in [0.1, 0.15) is 0 Å². The van der Waals surface area contributed by atoms with Crippen molar-refractivity contribution in [1.82, 2.24) is 4.90 Å². The molecule has 0 spiro atoms. The van der Waals surface area contributed by atoms with Crippen molar-refractivity contribution in [2.24, 2.45) is 4.99 Å². The second-order valence-electron chi connectivity index (χ2n) is 5.89. The topological polar surface area (TPSA) is 85.0 Å². The molecule has 2 aromatic rings. The molecule has 0 aliphatic carbocycles. The summed E-state index contributed by atoms with van der Waals surface area (Å²) in [5.74, 6) is 0.725. The van der Waals surface area contributed by atoms with Gasteiger partial charge in [-0.1, -0.05) is 42.1 Å². The number of benzene rings is 2. The number of hydrogen-bond donors (Lipinski definition) is 0. The van der Waals surface area contributed by atoms with E-state index in [0.717, 1.165) is 17.7 Å². The van der Waals surface area contributed by atoms with Crippen molar-refractivity contribution in [2.75, 3.05) is 19.4 Å². The molecule has 1 aliphatic rings. The van der Waals surface area contributed by atoms with Crippen molar-refractivity contribution >= 4 is 28.5 Å². The normalized spacial score (nSPS) is 15.6. The number of amides is 1. The van der Waals surface area contributed by atoms with Crippen LogP contribution in [-0.4, -0.2) is 40.3 Å². The van der Waals surface area contributed by atoms with E-state index >= 15 is 0 Å². The van der Waals surface area contributed by atoms with Gasteiger partial charge < -0.3 is 4.74 Å². The predicted octanol–water partition coefficient (Wildman–Crippen LogP) is 3.74. The Labute approximate surface area is 161 Å². The standard InChI is InChI=1S/C19H19N3O4S/c1-26-17-9-8-15(12-16(17)22(24)25)18(23)21-10-5-11-27-19(21)20-13-14-6-3-2-4-7-14/h2-4,6-9,12H,5,10-11,13H2,1H3. The number of hydrogen-bond acceptors (Lipinski definition) is 6. The summed E-state index contributed by atoms with van der Waals surface area (Å²) in [6.45, 7) is 1.02. The van der Waals surface area contributed by atoms with Crippen LogP contribution in [0.5, 0.6) is 5.75 Å².